The summed E-state index contributed by atoms with van der Waals surface area (Å²) in [5.41, 5.74) is 1.03. The number of carbonyl (C=O) groups is 1. The molecule has 1 fully saturated rings. The van der Waals surface area contributed by atoms with Crippen molar-refractivity contribution < 1.29 is 22.7 Å². The van der Waals surface area contributed by atoms with Crippen molar-refractivity contribution in [1.82, 2.24) is 29.9 Å². The van der Waals surface area contributed by atoms with E-state index < -0.39 is 17.8 Å². The lowest BCUT2D eigenvalue weighted by Crippen LogP contribution is -2.51. The van der Waals surface area contributed by atoms with Gasteiger partial charge >= 0.3 is 12.2 Å². The number of benzene rings is 1. The number of piperidine rings is 1. The van der Waals surface area contributed by atoms with E-state index in [-0.39, 0.29) is 18.0 Å². The molecule has 0 spiro atoms. The third-order valence-corrected chi connectivity index (χ3v) is 5.41. The molecule has 0 N–H and O–H groups in total. The van der Waals surface area contributed by atoms with Gasteiger partial charge in [-0.1, -0.05) is 6.07 Å². The molecule has 3 heterocycles. The Morgan fingerprint density at radius 2 is 1.84 bits per heavy atom. The minimum atomic E-state index is -4.52. The van der Waals surface area contributed by atoms with Gasteiger partial charge in [0.05, 0.1) is 35.2 Å². The number of aromatic nitrogens is 5. The zero-order chi connectivity index (χ0) is 22.9. The average molecular weight is 446 g/mol. The van der Waals surface area contributed by atoms with Gasteiger partial charge in [0.1, 0.15) is 6.10 Å². The normalized spacial score (nSPS) is 19.1. The second-order valence-electron chi connectivity index (χ2n) is 7.63. The van der Waals surface area contributed by atoms with Crippen LogP contribution in [-0.2, 0) is 6.18 Å². The fraction of sp³-hybridized carbons (Fsp3) is 0.381. The molecule has 0 aliphatic carbocycles. The molecule has 2 atom stereocenters. The lowest BCUT2D eigenvalue weighted by atomic mass is 9.98. The Morgan fingerprint density at radius 1 is 1.16 bits per heavy atom. The Bertz CT molecular complexity index is 1090. The highest BCUT2D eigenvalue weighted by atomic mass is 19.4. The van der Waals surface area contributed by atoms with Crippen LogP contribution in [0.5, 0.6) is 6.01 Å². The molecule has 11 heteroatoms. The van der Waals surface area contributed by atoms with Crippen LogP contribution in [0.3, 0.4) is 0 Å². The molecule has 0 radical (unpaired) electrons. The van der Waals surface area contributed by atoms with Crippen LogP contribution in [0.1, 0.15) is 41.3 Å². The molecule has 3 aromatic rings. The van der Waals surface area contributed by atoms with E-state index in [0.29, 0.717) is 43.0 Å². The van der Waals surface area contributed by atoms with Crippen molar-refractivity contribution in [3.8, 4) is 11.7 Å². The van der Waals surface area contributed by atoms with Crippen LogP contribution in [0.4, 0.5) is 13.2 Å². The zero-order valence-corrected chi connectivity index (χ0v) is 17.5. The summed E-state index contributed by atoms with van der Waals surface area (Å²) in [5, 5.41) is 8.29. The Morgan fingerprint density at radius 3 is 2.50 bits per heavy atom. The lowest BCUT2D eigenvalue weighted by Gasteiger charge is -2.39. The first kappa shape index (κ1) is 21.7. The number of ether oxygens (including phenoxy) is 1. The van der Waals surface area contributed by atoms with E-state index >= 15 is 0 Å². The zero-order valence-electron chi connectivity index (χ0n) is 17.5. The van der Waals surface area contributed by atoms with Crippen molar-refractivity contribution >= 4 is 5.91 Å². The number of likely N-dealkylation sites (tertiary alicyclic amines) is 1. The van der Waals surface area contributed by atoms with Gasteiger partial charge in [0.2, 0.25) is 0 Å². The summed E-state index contributed by atoms with van der Waals surface area (Å²) in [6.45, 7) is 4.28. The van der Waals surface area contributed by atoms with E-state index in [2.05, 4.69) is 20.2 Å². The van der Waals surface area contributed by atoms with E-state index in [9.17, 15) is 18.0 Å². The third kappa shape index (κ3) is 4.41. The van der Waals surface area contributed by atoms with Gasteiger partial charge in [0.25, 0.3) is 5.91 Å². The number of halogens is 3. The summed E-state index contributed by atoms with van der Waals surface area (Å²) in [5.74, 6) is -0.202. The molecule has 1 aliphatic rings. The van der Waals surface area contributed by atoms with Crippen molar-refractivity contribution in [2.45, 2.75) is 45.0 Å². The topological polar surface area (TPSA) is 86.0 Å². The number of hydrogen-bond donors (Lipinski definition) is 0. The number of hydrogen-bond acceptors (Lipinski definition) is 6. The van der Waals surface area contributed by atoms with Gasteiger partial charge in [0, 0.05) is 18.9 Å². The number of nitrogens with zero attached hydrogens (tertiary/aromatic N) is 6. The second kappa shape index (κ2) is 8.56. The van der Waals surface area contributed by atoms with Gasteiger partial charge < -0.3 is 9.64 Å². The third-order valence-electron chi connectivity index (χ3n) is 5.41. The van der Waals surface area contributed by atoms with Crippen molar-refractivity contribution in [2.24, 2.45) is 0 Å². The second-order valence-corrected chi connectivity index (χ2v) is 7.63. The van der Waals surface area contributed by atoms with Crippen LogP contribution < -0.4 is 4.74 Å². The van der Waals surface area contributed by atoms with E-state index in [1.54, 1.807) is 11.0 Å². The predicted molar refractivity (Wildman–Crippen MR) is 107 cm³/mol. The fourth-order valence-electron chi connectivity index (χ4n) is 3.69. The van der Waals surface area contributed by atoms with E-state index in [1.165, 1.54) is 17.2 Å². The molecular weight excluding hydrogens is 425 g/mol. The summed E-state index contributed by atoms with van der Waals surface area (Å²) in [7, 11) is 0. The molecule has 1 amide bonds. The summed E-state index contributed by atoms with van der Waals surface area (Å²) < 4.78 is 43.9. The molecule has 1 aliphatic heterocycles. The quantitative estimate of drug-likeness (QED) is 0.610. The van der Waals surface area contributed by atoms with Gasteiger partial charge in [-0.05, 0) is 44.4 Å². The van der Waals surface area contributed by atoms with Crippen molar-refractivity contribution in [1.29, 1.82) is 0 Å². The smallest absolute Gasteiger partial charge is 0.419 e. The van der Waals surface area contributed by atoms with Crippen molar-refractivity contribution in [3.63, 3.8) is 0 Å². The molecule has 32 heavy (non-hydrogen) atoms. The summed E-state index contributed by atoms with van der Waals surface area (Å²) in [4.78, 5) is 23.9. The van der Waals surface area contributed by atoms with Gasteiger partial charge in [-0.3, -0.25) is 4.79 Å². The van der Waals surface area contributed by atoms with Crippen LogP contribution in [0, 0.1) is 6.92 Å². The maximum absolute atomic E-state index is 13.4. The minimum absolute atomic E-state index is 0.152. The van der Waals surface area contributed by atoms with Gasteiger partial charge in [-0.2, -0.15) is 28.2 Å². The molecule has 0 bridgehead atoms. The molecule has 0 unspecified atom stereocenters. The molecule has 1 aromatic carbocycles. The molecule has 168 valence electrons. The summed E-state index contributed by atoms with van der Waals surface area (Å²) in [6.07, 6.45) is 0.764. The lowest BCUT2D eigenvalue weighted by molar-refractivity contribution is -0.138. The number of aryl methyl sites for hydroxylation is 1. The Hall–Kier alpha value is -3.50. The maximum atomic E-state index is 13.4. The monoisotopic (exact) mass is 446 g/mol. The van der Waals surface area contributed by atoms with Crippen LogP contribution in [-0.4, -0.2) is 54.5 Å². The fourth-order valence-corrected chi connectivity index (χ4v) is 3.69. The van der Waals surface area contributed by atoms with Crippen molar-refractivity contribution in [3.05, 3.63) is 59.7 Å². The molecule has 8 nitrogen and oxygen atoms in total. The maximum Gasteiger partial charge on any atom is 0.419 e. The number of carbonyl (C=O) groups excluding carboxylic acids is 1. The molecule has 0 saturated carbocycles. The average Bonchev–Trinajstić information content (AvgIpc) is 3.29. The first-order valence-corrected chi connectivity index (χ1v) is 10.1. The summed E-state index contributed by atoms with van der Waals surface area (Å²) >= 11 is 0. The largest absolute Gasteiger partial charge is 0.458 e. The Labute approximate surface area is 182 Å². The predicted octanol–water partition coefficient (Wildman–Crippen LogP) is 3.46. The van der Waals surface area contributed by atoms with E-state index in [0.717, 1.165) is 5.56 Å². The first-order chi connectivity index (χ1) is 15.2. The summed E-state index contributed by atoms with van der Waals surface area (Å²) in [6, 6.07) is 4.93. The van der Waals surface area contributed by atoms with Crippen LogP contribution >= 0.6 is 0 Å². The first-order valence-electron chi connectivity index (χ1n) is 10.1. The number of rotatable bonds is 4. The SMILES string of the molecule is Cc1ccc(C(=O)N2CCC[C@@H](Oc3ncc(C(F)(F)F)cn3)[C@@H]2C)c(-n2nccn2)c1. The highest BCUT2D eigenvalue weighted by molar-refractivity contribution is 5.98. The highest BCUT2D eigenvalue weighted by Gasteiger charge is 2.35. The van der Waals surface area contributed by atoms with Crippen LogP contribution in [0.15, 0.2) is 43.0 Å². The molecule has 2 aromatic heterocycles. The minimum Gasteiger partial charge on any atom is -0.458 e. The van der Waals surface area contributed by atoms with Gasteiger partial charge in [0.15, 0.2) is 0 Å². The highest BCUT2D eigenvalue weighted by Crippen LogP contribution is 2.29. The van der Waals surface area contributed by atoms with Crippen LogP contribution in [0.2, 0.25) is 0 Å². The molecule has 4 rings (SSSR count). The molecule has 1 saturated heterocycles. The van der Waals surface area contributed by atoms with E-state index in [4.69, 9.17) is 4.74 Å². The van der Waals surface area contributed by atoms with E-state index in [1.807, 2.05) is 26.0 Å². The Balaban J connectivity index is 1.54. The van der Waals surface area contributed by atoms with Crippen LogP contribution in [0.25, 0.3) is 5.69 Å². The number of alkyl halides is 3. The Kier molecular flexibility index (Phi) is 5.81. The van der Waals surface area contributed by atoms with Gasteiger partial charge in [-0.15, -0.1) is 0 Å². The molecular formula is C21H21F3N6O2. The van der Waals surface area contributed by atoms with Crippen molar-refractivity contribution in [2.75, 3.05) is 6.54 Å². The number of amides is 1. The van der Waals surface area contributed by atoms with Gasteiger partial charge in [-0.25, -0.2) is 9.97 Å². The standard InChI is InChI=1S/C21H21F3N6O2/c1-13-5-6-16(17(10-13)30-27-7-8-28-30)19(31)29-9-3-4-18(14(29)2)32-20-25-11-15(12-26-20)21(22,23)24/h5-8,10-12,14,18H,3-4,9H2,1-2H3/t14-,18+/m0/s1.